The van der Waals surface area contributed by atoms with Crippen molar-refractivity contribution in [1.82, 2.24) is 0 Å². The lowest BCUT2D eigenvalue weighted by Crippen LogP contribution is -2.30. The molecule has 4 N–H and O–H groups in total. The van der Waals surface area contributed by atoms with Crippen molar-refractivity contribution in [2.75, 3.05) is 12.3 Å². The number of nitrogen functional groups attached to an aromatic ring is 1. The van der Waals surface area contributed by atoms with Gasteiger partial charge in [0.2, 0.25) is 0 Å². The summed E-state index contributed by atoms with van der Waals surface area (Å²) in [5.74, 6) is -1.52. The van der Waals surface area contributed by atoms with Crippen LogP contribution >= 0.6 is 0 Å². The average molecular weight is 243 g/mol. The van der Waals surface area contributed by atoms with E-state index >= 15 is 0 Å². The van der Waals surface area contributed by atoms with Crippen molar-refractivity contribution >= 4 is 11.7 Å². The maximum absolute atomic E-state index is 12.8. The Morgan fingerprint density at radius 3 is 2.71 bits per heavy atom. The van der Waals surface area contributed by atoms with Crippen molar-refractivity contribution in [2.24, 2.45) is 0 Å². The largest absolute Gasteiger partial charge is 0.464 e. The van der Waals surface area contributed by atoms with Crippen LogP contribution in [0.3, 0.4) is 0 Å². The number of halogens is 1. The highest BCUT2D eigenvalue weighted by atomic mass is 19.1. The number of rotatable bonds is 4. The number of carbonyl (C=O) groups excluding carboxylic acids is 1. The lowest BCUT2D eigenvalue weighted by molar-refractivity contribution is -0.159. The Morgan fingerprint density at radius 2 is 2.18 bits per heavy atom. The summed E-state index contributed by atoms with van der Waals surface area (Å²) in [6, 6.07) is 3.28. The number of aliphatic hydroxyl groups excluding tert-OH is 2. The van der Waals surface area contributed by atoms with Crippen LogP contribution in [0, 0.1) is 5.82 Å². The fourth-order valence-electron chi connectivity index (χ4n) is 1.34. The zero-order valence-electron chi connectivity index (χ0n) is 9.26. The lowest BCUT2D eigenvalue weighted by atomic mass is 10.0. The normalized spacial score (nSPS) is 14.1. The first-order valence-corrected chi connectivity index (χ1v) is 5.05. The van der Waals surface area contributed by atoms with Crippen molar-refractivity contribution in [3.8, 4) is 0 Å². The molecule has 17 heavy (non-hydrogen) atoms. The zero-order valence-corrected chi connectivity index (χ0v) is 9.26. The maximum Gasteiger partial charge on any atom is 0.338 e. The summed E-state index contributed by atoms with van der Waals surface area (Å²) in [7, 11) is 0. The molecule has 0 amide bonds. The highest BCUT2D eigenvalue weighted by molar-refractivity contribution is 5.75. The minimum absolute atomic E-state index is 0.0409. The molecule has 94 valence electrons. The molecule has 6 heteroatoms. The number of anilines is 1. The molecule has 0 aliphatic carbocycles. The summed E-state index contributed by atoms with van der Waals surface area (Å²) >= 11 is 0. The van der Waals surface area contributed by atoms with Gasteiger partial charge >= 0.3 is 5.97 Å². The van der Waals surface area contributed by atoms with Gasteiger partial charge in [0.15, 0.2) is 6.10 Å². The molecular weight excluding hydrogens is 229 g/mol. The molecule has 2 atom stereocenters. The number of esters is 1. The molecule has 1 rings (SSSR count). The molecule has 0 radical (unpaired) electrons. The second-order valence-electron chi connectivity index (χ2n) is 3.41. The predicted octanol–water partition coefficient (Wildman–Crippen LogP) is 0.365. The Labute approximate surface area is 97.6 Å². The molecule has 0 bridgehead atoms. The summed E-state index contributed by atoms with van der Waals surface area (Å²) < 4.78 is 17.3. The summed E-state index contributed by atoms with van der Waals surface area (Å²) in [6.45, 7) is 1.66. The fourth-order valence-corrected chi connectivity index (χ4v) is 1.34. The summed E-state index contributed by atoms with van der Waals surface area (Å²) in [4.78, 5) is 11.2. The summed E-state index contributed by atoms with van der Waals surface area (Å²) in [5, 5.41) is 19.2. The van der Waals surface area contributed by atoms with Crippen molar-refractivity contribution in [2.45, 2.75) is 19.1 Å². The SMILES string of the molecule is CCOC(=O)C(O)C(O)c1ccc(F)cc1N. The Balaban J connectivity index is 2.88. The van der Waals surface area contributed by atoms with E-state index in [9.17, 15) is 19.4 Å². The van der Waals surface area contributed by atoms with E-state index in [0.717, 1.165) is 12.1 Å². The van der Waals surface area contributed by atoms with E-state index in [-0.39, 0.29) is 17.9 Å². The van der Waals surface area contributed by atoms with E-state index < -0.39 is 24.0 Å². The first-order valence-electron chi connectivity index (χ1n) is 5.05. The molecule has 0 saturated heterocycles. The molecule has 5 nitrogen and oxygen atoms in total. The Kier molecular flexibility index (Phi) is 4.42. The standard InChI is InChI=1S/C11H14FNO4/c1-2-17-11(16)10(15)9(14)7-4-3-6(12)5-8(7)13/h3-5,9-10,14-15H,2,13H2,1H3. The van der Waals surface area contributed by atoms with Gasteiger partial charge in [-0.2, -0.15) is 0 Å². The first-order chi connectivity index (χ1) is 7.97. The Bertz CT molecular complexity index is 410. The van der Waals surface area contributed by atoms with Crippen molar-refractivity contribution in [3.05, 3.63) is 29.6 Å². The van der Waals surface area contributed by atoms with E-state index in [1.807, 2.05) is 0 Å². The van der Waals surface area contributed by atoms with Gasteiger partial charge in [-0.25, -0.2) is 9.18 Å². The van der Waals surface area contributed by atoms with Crippen LogP contribution in [0.1, 0.15) is 18.6 Å². The molecule has 0 fully saturated rings. The minimum atomic E-state index is -1.75. The number of aliphatic hydroxyl groups is 2. The number of nitrogens with two attached hydrogens (primary N) is 1. The van der Waals surface area contributed by atoms with E-state index in [1.54, 1.807) is 6.92 Å². The number of carbonyl (C=O) groups is 1. The van der Waals surface area contributed by atoms with E-state index in [2.05, 4.69) is 4.74 Å². The van der Waals surface area contributed by atoms with Crippen LogP contribution < -0.4 is 5.73 Å². The molecule has 0 aliphatic rings. The topological polar surface area (TPSA) is 92.8 Å². The zero-order chi connectivity index (χ0) is 13.0. The molecule has 0 spiro atoms. The van der Waals surface area contributed by atoms with E-state index in [0.29, 0.717) is 0 Å². The van der Waals surface area contributed by atoms with Gasteiger partial charge in [0.05, 0.1) is 6.61 Å². The smallest absolute Gasteiger partial charge is 0.338 e. The number of benzene rings is 1. The third-order valence-electron chi connectivity index (χ3n) is 2.19. The van der Waals surface area contributed by atoms with Gasteiger partial charge in [0.1, 0.15) is 11.9 Å². The second-order valence-corrected chi connectivity index (χ2v) is 3.41. The van der Waals surface area contributed by atoms with Crippen LogP contribution in [0.15, 0.2) is 18.2 Å². The fraction of sp³-hybridized carbons (Fsp3) is 0.364. The van der Waals surface area contributed by atoms with Gasteiger partial charge in [-0.3, -0.25) is 0 Å². The Hall–Kier alpha value is -1.66. The van der Waals surface area contributed by atoms with Crippen molar-refractivity contribution in [3.63, 3.8) is 0 Å². The number of ether oxygens (including phenoxy) is 1. The molecule has 0 heterocycles. The van der Waals surface area contributed by atoms with Gasteiger partial charge in [-0.05, 0) is 19.1 Å². The Morgan fingerprint density at radius 1 is 1.53 bits per heavy atom. The van der Waals surface area contributed by atoms with Gasteiger partial charge in [-0.15, -0.1) is 0 Å². The molecule has 2 unspecified atom stereocenters. The highest BCUT2D eigenvalue weighted by Crippen LogP contribution is 2.24. The van der Waals surface area contributed by atoms with E-state index in [4.69, 9.17) is 5.73 Å². The van der Waals surface area contributed by atoms with Crippen LogP contribution in [0.5, 0.6) is 0 Å². The maximum atomic E-state index is 12.8. The molecule has 1 aromatic rings. The van der Waals surface area contributed by atoms with Crippen LogP contribution in [0.25, 0.3) is 0 Å². The van der Waals surface area contributed by atoms with Gasteiger partial charge in [0, 0.05) is 11.3 Å². The highest BCUT2D eigenvalue weighted by Gasteiger charge is 2.28. The molecular formula is C11H14FNO4. The van der Waals surface area contributed by atoms with Gasteiger partial charge in [-0.1, -0.05) is 6.07 Å². The molecule has 1 aromatic carbocycles. The van der Waals surface area contributed by atoms with E-state index in [1.165, 1.54) is 6.07 Å². The van der Waals surface area contributed by atoms with Gasteiger partial charge in [0.25, 0.3) is 0 Å². The predicted molar refractivity (Wildman–Crippen MR) is 58.4 cm³/mol. The number of hydrogen-bond donors (Lipinski definition) is 3. The molecule has 0 aliphatic heterocycles. The van der Waals surface area contributed by atoms with Crippen molar-refractivity contribution < 1.29 is 24.1 Å². The van der Waals surface area contributed by atoms with Crippen LogP contribution in [0.4, 0.5) is 10.1 Å². The lowest BCUT2D eigenvalue weighted by Gasteiger charge is -2.18. The second kappa shape index (κ2) is 5.60. The third-order valence-corrected chi connectivity index (χ3v) is 2.19. The van der Waals surface area contributed by atoms with Crippen LogP contribution in [-0.4, -0.2) is 28.9 Å². The van der Waals surface area contributed by atoms with Crippen LogP contribution in [-0.2, 0) is 9.53 Å². The summed E-state index contributed by atoms with van der Waals surface area (Å²) in [5.41, 5.74) is 5.51. The molecule has 0 aromatic heterocycles. The monoisotopic (exact) mass is 243 g/mol. The van der Waals surface area contributed by atoms with Crippen LogP contribution in [0.2, 0.25) is 0 Å². The van der Waals surface area contributed by atoms with Crippen molar-refractivity contribution in [1.29, 1.82) is 0 Å². The first kappa shape index (κ1) is 13.4. The summed E-state index contributed by atoms with van der Waals surface area (Å²) in [6.07, 6.45) is -3.29. The average Bonchev–Trinajstić information content (AvgIpc) is 2.27. The minimum Gasteiger partial charge on any atom is -0.464 e. The quantitative estimate of drug-likeness (QED) is 0.524. The number of hydrogen-bond acceptors (Lipinski definition) is 5. The third kappa shape index (κ3) is 3.15. The van der Waals surface area contributed by atoms with Gasteiger partial charge < -0.3 is 20.7 Å². The molecule has 0 saturated carbocycles.